The highest BCUT2D eigenvalue weighted by Crippen LogP contribution is 2.43. The maximum atomic E-state index is 4.12. The number of para-hydroxylation sites is 4. The minimum absolute atomic E-state index is 1.15. The molecule has 0 aliphatic heterocycles. The van der Waals surface area contributed by atoms with Gasteiger partial charge in [0.15, 0.2) is 0 Å². The van der Waals surface area contributed by atoms with E-state index in [1.807, 2.05) is 17.4 Å². The van der Waals surface area contributed by atoms with E-state index >= 15 is 0 Å². The average molecular weight is 531 g/mol. The van der Waals surface area contributed by atoms with Gasteiger partial charge in [-0.1, -0.05) is 97.6 Å². The summed E-state index contributed by atoms with van der Waals surface area (Å²) in [6.45, 7) is 6.38. The highest BCUT2D eigenvalue weighted by Gasteiger charge is 2.21. The van der Waals surface area contributed by atoms with Gasteiger partial charge in [-0.2, -0.15) is 0 Å². The molecule has 0 spiro atoms. The molecular weight excluding hydrogens is 504 g/mol. The largest absolute Gasteiger partial charge is 0.308 e. The van der Waals surface area contributed by atoms with E-state index in [-0.39, 0.29) is 0 Å². The van der Waals surface area contributed by atoms with Gasteiger partial charge in [0.2, 0.25) is 0 Å². The van der Waals surface area contributed by atoms with E-state index in [1.54, 1.807) is 0 Å². The van der Waals surface area contributed by atoms with E-state index in [0.717, 1.165) is 5.70 Å². The first-order chi connectivity index (χ1) is 19.8. The molecule has 0 radical (unpaired) electrons. The van der Waals surface area contributed by atoms with Crippen molar-refractivity contribution in [3.63, 3.8) is 0 Å². The minimum atomic E-state index is 1.15. The summed E-state index contributed by atoms with van der Waals surface area (Å²) in [5, 5.41) is 6.37. The third-order valence-electron chi connectivity index (χ3n) is 8.09. The second kappa shape index (κ2) is 8.84. The lowest BCUT2D eigenvalue weighted by Crippen LogP contribution is -1.98. The van der Waals surface area contributed by atoms with Crippen molar-refractivity contribution in [1.82, 2.24) is 9.13 Å². The zero-order valence-electron chi connectivity index (χ0n) is 22.1. The number of nitrogens with zero attached hydrogens (tertiary/aromatic N) is 2. The Balaban J connectivity index is 1.45. The fourth-order valence-corrected chi connectivity index (χ4v) is 7.70. The summed E-state index contributed by atoms with van der Waals surface area (Å²) in [6, 6.07) is 41.6. The monoisotopic (exact) mass is 530 g/mol. The highest BCUT2D eigenvalue weighted by atomic mass is 32.1. The Hall–Kier alpha value is -4.86. The zero-order chi connectivity index (χ0) is 26.8. The van der Waals surface area contributed by atoms with Gasteiger partial charge in [0.25, 0.3) is 0 Å². The summed E-state index contributed by atoms with van der Waals surface area (Å²) < 4.78 is 6.13. The first kappa shape index (κ1) is 23.1. The van der Waals surface area contributed by atoms with Gasteiger partial charge in [0.05, 0.1) is 43.0 Å². The number of allylic oxidation sites excluding steroid dienone is 2. The van der Waals surface area contributed by atoms with E-state index in [9.17, 15) is 0 Å². The average Bonchev–Trinajstić information content (AvgIpc) is 3.64. The summed E-state index contributed by atoms with van der Waals surface area (Å²) in [6.07, 6.45) is 4.08. The van der Waals surface area contributed by atoms with Crippen LogP contribution >= 0.6 is 11.3 Å². The van der Waals surface area contributed by atoms with Gasteiger partial charge in [-0.05, 0) is 54.3 Å². The molecule has 3 heteroatoms. The van der Waals surface area contributed by atoms with Crippen LogP contribution in [0.2, 0.25) is 0 Å². The molecule has 0 aliphatic carbocycles. The van der Waals surface area contributed by atoms with Crippen molar-refractivity contribution in [1.29, 1.82) is 0 Å². The van der Waals surface area contributed by atoms with Crippen LogP contribution < -0.4 is 0 Å². The molecular formula is C37H26N2S. The van der Waals surface area contributed by atoms with E-state index in [2.05, 4.69) is 144 Å². The van der Waals surface area contributed by atoms with Gasteiger partial charge in [0, 0.05) is 21.5 Å². The van der Waals surface area contributed by atoms with Crippen LogP contribution in [0.5, 0.6) is 0 Å². The van der Waals surface area contributed by atoms with Crippen LogP contribution in [0.15, 0.2) is 134 Å². The lowest BCUT2D eigenvalue weighted by molar-refractivity contribution is 1.20. The molecule has 0 N–H and O–H groups in total. The Morgan fingerprint density at radius 3 is 1.62 bits per heavy atom. The molecule has 0 fully saturated rings. The van der Waals surface area contributed by atoms with E-state index in [1.165, 1.54) is 69.8 Å². The molecule has 0 saturated carbocycles. The van der Waals surface area contributed by atoms with Gasteiger partial charge < -0.3 is 9.13 Å². The maximum Gasteiger partial charge on any atom is 0.0640 e. The molecule has 2 nitrogen and oxygen atoms in total. The minimum Gasteiger partial charge on any atom is -0.308 e. The molecule has 8 aromatic rings. The molecule has 0 unspecified atom stereocenters. The number of rotatable bonds is 4. The molecule has 3 heterocycles. The maximum absolute atomic E-state index is 4.12. The first-order valence-electron chi connectivity index (χ1n) is 13.6. The van der Waals surface area contributed by atoms with Crippen LogP contribution in [-0.2, 0) is 0 Å². The number of thiophene rings is 1. The third-order valence-corrected chi connectivity index (χ3v) is 9.45. The SMILES string of the molecule is C=C/C=C(\c1sc2c(-n3c4ccccc4c4ccccc43)cccc2c1C)n1c2ccccc2c2ccccc21. The van der Waals surface area contributed by atoms with Crippen molar-refractivity contribution < 1.29 is 0 Å². The summed E-state index contributed by atoms with van der Waals surface area (Å²) in [5.74, 6) is 0. The predicted molar refractivity (Wildman–Crippen MR) is 174 cm³/mol. The smallest absolute Gasteiger partial charge is 0.0640 e. The fourth-order valence-electron chi connectivity index (χ4n) is 6.38. The normalized spacial score (nSPS) is 12.4. The summed E-state index contributed by atoms with van der Waals surface area (Å²) >= 11 is 1.87. The van der Waals surface area contributed by atoms with Crippen LogP contribution in [0.4, 0.5) is 0 Å². The molecule has 190 valence electrons. The van der Waals surface area contributed by atoms with Gasteiger partial charge in [-0.25, -0.2) is 0 Å². The van der Waals surface area contributed by atoms with Gasteiger partial charge in [-0.3, -0.25) is 0 Å². The van der Waals surface area contributed by atoms with Crippen molar-refractivity contribution >= 4 is 70.7 Å². The van der Waals surface area contributed by atoms with Crippen LogP contribution in [0.1, 0.15) is 10.4 Å². The third kappa shape index (κ3) is 3.16. The number of hydrogen-bond donors (Lipinski definition) is 0. The Kier molecular flexibility index (Phi) is 5.10. The van der Waals surface area contributed by atoms with Crippen molar-refractivity contribution in [3.8, 4) is 5.69 Å². The Labute approximate surface area is 236 Å². The second-order valence-electron chi connectivity index (χ2n) is 10.2. The van der Waals surface area contributed by atoms with Crippen LogP contribution in [0.3, 0.4) is 0 Å². The molecule has 0 bridgehead atoms. The molecule has 0 atom stereocenters. The summed E-state index contributed by atoms with van der Waals surface area (Å²) in [5.41, 5.74) is 8.53. The number of fused-ring (bicyclic) bond motifs is 7. The number of hydrogen-bond acceptors (Lipinski definition) is 1. The Morgan fingerprint density at radius 2 is 1.07 bits per heavy atom. The first-order valence-corrected chi connectivity index (χ1v) is 14.4. The van der Waals surface area contributed by atoms with Gasteiger partial charge in [-0.15, -0.1) is 11.3 Å². The van der Waals surface area contributed by atoms with Gasteiger partial charge >= 0.3 is 0 Å². The summed E-state index contributed by atoms with van der Waals surface area (Å²) in [7, 11) is 0. The predicted octanol–water partition coefficient (Wildman–Crippen LogP) is 10.5. The van der Waals surface area contributed by atoms with E-state index in [0.29, 0.717) is 0 Å². The van der Waals surface area contributed by atoms with Crippen LogP contribution in [0.25, 0.3) is 65.1 Å². The molecule has 0 saturated heterocycles. The van der Waals surface area contributed by atoms with Crippen molar-refractivity contribution in [3.05, 3.63) is 144 Å². The molecule has 5 aromatic carbocycles. The van der Waals surface area contributed by atoms with Crippen molar-refractivity contribution in [2.24, 2.45) is 0 Å². The lowest BCUT2D eigenvalue weighted by Gasteiger charge is -2.12. The topological polar surface area (TPSA) is 9.86 Å². The number of benzene rings is 5. The highest BCUT2D eigenvalue weighted by molar-refractivity contribution is 7.20. The fraction of sp³-hybridized carbons (Fsp3) is 0.0270. The molecule has 40 heavy (non-hydrogen) atoms. The molecule has 0 amide bonds. The quantitative estimate of drug-likeness (QED) is 0.200. The van der Waals surface area contributed by atoms with E-state index in [4.69, 9.17) is 0 Å². The van der Waals surface area contributed by atoms with E-state index < -0.39 is 0 Å². The number of aryl methyl sites for hydroxylation is 1. The Morgan fingerprint density at radius 1 is 0.600 bits per heavy atom. The zero-order valence-corrected chi connectivity index (χ0v) is 23.0. The summed E-state index contributed by atoms with van der Waals surface area (Å²) in [4.78, 5) is 1.26. The van der Waals surface area contributed by atoms with Crippen molar-refractivity contribution in [2.75, 3.05) is 0 Å². The molecule has 8 rings (SSSR count). The van der Waals surface area contributed by atoms with Gasteiger partial charge in [0.1, 0.15) is 0 Å². The molecule has 3 aromatic heterocycles. The molecule has 0 aliphatic rings. The van der Waals surface area contributed by atoms with Crippen molar-refractivity contribution in [2.45, 2.75) is 6.92 Å². The standard InChI is InChI=1S/C37H26N2S/c1-3-13-34(38-30-19-8-4-14-26(30)27-15-5-9-20-31(27)38)36-24(2)25-18-12-23-35(37(25)40-36)39-32-21-10-6-16-28(32)29-17-7-11-22-33(29)39/h3-23H,1H2,2H3/b34-13+. The van der Waals surface area contributed by atoms with Crippen LogP contribution in [0, 0.1) is 6.92 Å². The lowest BCUT2D eigenvalue weighted by atomic mass is 10.1. The number of aromatic nitrogens is 2. The van der Waals surface area contributed by atoms with Crippen LogP contribution in [-0.4, -0.2) is 9.13 Å². The second-order valence-corrected chi connectivity index (χ2v) is 11.3. The Bertz CT molecular complexity index is 2200.